The van der Waals surface area contributed by atoms with Crippen molar-refractivity contribution in [3.05, 3.63) is 66.1 Å². The molecular weight excluding hydrogens is 491 g/mol. The van der Waals surface area contributed by atoms with Crippen LogP contribution in [0.25, 0.3) is 28.1 Å². The molecule has 0 spiro atoms. The van der Waals surface area contributed by atoms with E-state index in [-0.39, 0.29) is 42.1 Å². The summed E-state index contributed by atoms with van der Waals surface area (Å²) in [4.78, 5) is 15.1. The van der Waals surface area contributed by atoms with Crippen molar-refractivity contribution < 1.29 is 18.7 Å². The first-order valence-corrected chi connectivity index (χ1v) is 14.1. The highest BCUT2D eigenvalue weighted by atomic mass is 19.1. The van der Waals surface area contributed by atoms with Gasteiger partial charge in [-0.25, -0.2) is 4.39 Å². The van der Waals surface area contributed by atoms with Gasteiger partial charge in [0.15, 0.2) is 5.79 Å². The van der Waals surface area contributed by atoms with E-state index in [9.17, 15) is 9.18 Å². The Morgan fingerprint density at radius 1 is 1.03 bits per heavy atom. The average molecular weight is 535 g/mol. The van der Waals surface area contributed by atoms with Crippen molar-refractivity contribution in [1.29, 1.82) is 0 Å². The lowest BCUT2D eigenvalue weighted by molar-refractivity contribution is -0.290. The lowest BCUT2D eigenvalue weighted by Crippen LogP contribution is -2.48. The predicted octanol–water partition coefficient (Wildman–Crippen LogP) is 7.99. The number of aromatic nitrogens is 1. The maximum Gasteiger partial charge on any atom is 0.225 e. The van der Waals surface area contributed by atoms with E-state index in [0.717, 1.165) is 27.7 Å². The Labute approximate surface area is 232 Å². The maximum absolute atomic E-state index is 13.8. The van der Waals surface area contributed by atoms with E-state index in [2.05, 4.69) is 42.7 Å². The van der Waals surface area contributed by atoms with Crippen molar-refractivity contribution >= 4 is 22.9 Å². The van der Waals surface area contributed by atoms with Crippen LogP contribution in [0.1, 0.15) is 80.0 Å². The Balaban J connectivity index is 1.69. The van der Waals surface area contributed by atoms with Crippen molar-refractivity contribution in [2.24, 2.45) is 0 Å². The normalized spacial score (nSPS) is 19.6. The molecular formula is C33H43FN2O3. The fourth-order valence-corrected chi connectivity index (χ4v) is 5.99. The zero-order valence-electron chi connectivity index (χ0n) is 24.6. The second-order valence-electron chi connectivity index (χ2n) is 11.8. The molecule has 1 aliphatic rings. The van der Waals surface area contributed by atoms with E-state index in [4.69, 9.17) is 9.47 Å². The third-order valence-corrected chi connectivity index (χ3v) is 7.25. The summed E-state index contributed by atoms with van der Waals surface area (Å²) in [6.07, 6.45) is 4.65. The Morgan fingerprint density at radius 3 is 2.28 bits per heavy atom. The summed E-state index contributed by atoms with van der Waals surface area (Å²) in [5.74, 6) is -0.970. The first-order valence-electron chi connectivity index (χ1n) is 14.1. The minimum absolute atomic E-state index is 0.101. The van der Waals surface area contributed by atoms with Gasteiger partial charge in [0, 0.05) is 46.7 Å². The van der Waals surface area contributed by atoms with Crippen molar-refractivity contribution in [2.75, 3.05) is 0 Å². The van der Waals surface area contributed by atoms with Gasteiger partial charge >= 0.3 is 0 Å². The molecule has 0 radical (unpaired) electrons. The van der Waals surface area contributed by atoms with E-state index in [1.54, 1.807) is 0 Å². The standard InChI is InChI=1S/C33H43FN2O3/c1-21(2)35(22(3)4)31(37)20-27-19-26(38-33(7,8)39-27)17-18-30-32(24-13-15-25(34)16-14-24)28-11-9-10-12-29(28)36(30)23(5)6/h9-18,21-23,26-27H,19-20H2,1-8H3/b18-17+/t26-,27-/m1/s1. The molecule has 4 rings (SSSR count). The summed E-state index contributed by atoms with van der Waals surface area (Å²) < 4.78 is 28.6. The molecule has 0 saturated carbocycles. The molecule has 1 aromatic heterocycles. The summed E-state index contributed by atoms with van der Waals surface area (Å²) in [5, 5.41) is 1.12. The summed E-state index contributed by atoms with van der Waals surface area (Å²) in [6.45, 7) is 16.3. The van der Waals surface area contributed by atoms with Crippen molar-refractivity contribution in [1.82, 2.24) is 9.47 Å². The third-order valence-electron chi connectivity index (χ3n) is 7.25. The van der Waals surface area contributed by atoms with Gasteiger partial charge in [-0.1, -0.05) is 36.4 Å². The van der Waals surface area contributed by atoms with Gasteiger partial charge in [-0.3, -0.25) is 4.79 Å². The monoisotopic (exact) mass is 534 g/mol. The molecule has 0 bridgehead atoms. The number of halogens is 1. The molecule has 1 saturated heterocycles. The number of amides is 1. The topological polar surface area (TPSA) is 43.7 Å². The first-order chi connectivity index (χ1) is 18.4. The van der Waals surface area contributed by atoms with Gasteiger partial charge in [-0.15, -0.1) is 0 Å². The molecule has 210 valence electrons. The number of nitrogens with zero attached hydrogens (tertiary/aromatic N) is 2. The molecule has 1 fully saturated rings. The van der Waals surface area contributed by atoms with E-state index >= 15 is 0 Å². The predicted molar refractivity (Wildman–Crippen MR) is 157 cm³/mol. The van der Waals surface area contributed by atoms with Gasteiger partial charge in [-0.2, -0.15) is 0 Å². The van der Waals surface area contributed by atoms with E-state index in [1.807, 2.05) is 70.7 Å². The van der Waals surface area contributed by atoms with Crippen LogP contribution in [-0.4, -0.2) is 45.5 Å². The second-order valence-corrected chi connectivity index (χ2v) is 11.8. The minimum atomic E-state index is -0.816. The molecule has 5 nitrogen and oxygen atoms in total. The highest BCUT2D eigenvalue weighted by molar-refractivity contribution is 6.01. The first kappa shape index (κ1) is 29.0. The van der Waals surface area contributed by atoms with Crippen molar-refractivity contribution in [2.45, 2.75) is 104 Å². The SMILES string of the molecule is CC(C)N(C(=O)C[C@H]1C[C@@H](/C=C/c2c(-c3ccc(F)cc3)c3ccccc3n2C(C)C)OC(C)(C)O1)C(C)C. The number of hydrogen-bond acceptors (Lipinski definition) is 3. The molecule has 0 N–H and O–H groups in total. The molecule has 2 aromatic carbocycles. The Morgan fingerprint density at radius 2 is 1.67 bits per heavy atom. The number of carbonyl (C=O) groups is 1. The number of rotatable bonds is 8. The Hall–Kier alpha value is -2.96. The smallest absolute Gasteiger partial charge is 0.225 e. The number of ether oxygens (including phenoxy) is 2. The van der Waals surface area contributed by atoms with Crippen LogP contribution in [0.3, 0.4) is 0 Å². The Kier molecular flexibility index (Phi) is 8.67. The van der Waals surface area contributed by atoms with Gasteiger partial charge in [0.05, 0.1) is 18.6 Å². The van der Waals surface area contributed by atoms with Gasteiger partial charge in [0.2, 0.25) is 5.91 Å². The zero-order valence-corrected chi connectivity index (χ0v) is 24.6. The van der Waals surface area contributed by atoms with Gasteiger partial charge in [0.1, 0.15) is 5.82 Å². The van der Waals surface area contributed by atoms with Gasteiger partial charge in [-0.05, 0) is 85.2 Å². The summed E-state index contributed by atoms with van der Waals surface area (Å²) in [6, 6.07) is 15.5. The van der Waals surface area contributed by atoms with E-state index in [1.165, 1.54) is 12.1 Å². The lowest BCUT2D eigenvalue weighted by Gasteiger charge is -2.41. The molecule has 39 heavy (non-hydrogen) atoms. The quantitative estimate of drug-likeness (QED) is 0.294. The van der Waals surface area contributed by atoms with Crippen LogP contribution in [0.4, 0.5) is 4.39 Å². The molecule has 6 heteroatoms. The maximum atomic E-state index is 13.8. The minimum Gasteiger partial charge on any atom is -0.347 e. The summed E-state index contributed by atoms with van der Waals surface area (Å²) >= 11 is 0. The van der Waals surface area contributed by atoms with Crippen LogP contribution < -0.4 is 0 Å². The largest absolute Gasteiger partial charge is 0.347 e. The third kappa shape index (κ3) is 6.44. The molecule has 0 aliphatic carbocycles. The Bertz CT molecular complexity index is 1310. The summed E-state index contributed by atoms with van der Waals surface area (Å²) in [7, 11) is 0. The summed E-state index contributed by atoms with van der Waals surface area (Å²) in [5.41, 5.74) is 4.21. The number of benzene rings is 2. The molecule has 2 atom stereocenters. The van der Waals surface area contributed by atoms with Crippen LogP contribution in [0.2, 0.25) is 0 Å². The number of fused-ring (bicyclic) bond motifs is 1. The fraction of sp³-hybridized carbons (Fsp3) is 0.485. The average Bonchev–Trinajstić information content (AvgIpc) is 3.16. The van der Waals surface area contributed by atoms with E-state index in [0.29, 0.717) is 12.8 Å². The second kappa shape index (κ2) is 11.6. The van der Waals surface area contributed by atoms with Crippen LogP contribution >= 0.6 is 0 Å². The molecule has 2 heterocycles. The fourth-order valence-electron chi connectivity index (χ4n) is 5.99. The van der Waals surface area contributed by atoms with Crippen LogP contribution in [0, 0.1) is 5.82 Å². The molecule has 3 aromatic rings. The van der Waals surface area contributed by atoms with Crippen molar-refractivity contribution in [3.8, 4) is 11.1 Å². The molecule has 0 unspecified atom stereocenters. The van der Waals surface area contributed by atoms with Crippen LogP contribution in [0.5, 0.6) is 0 Å². The zero-order chi connectivity index (χ0) is 28.5. The van der Waals surface area contributed by atoms with Crippen LogP contribution in [0.15, 0.2) is 54.6 Å². The molecule has 1 aliphatic heterocycles. The number of hydrogen-bond donors (Lipinski definition) is 0. The van der Waals surface area contributed by atoms with Gasteiger partial charge in [0.25, 0.3) is 0 Å². The van der Waals surface area contributed by atoms with Gasteiger partial charge < -0.3 is 18.9 Å². The highest BCUT2D eigenvalue weighted by Crippen LogP contribution is 2.38. The molecule has 1 amide bonds. The number of carbonyl (C=O) groups excluding carboxylic acids is 1. The van der Waals surface area contributed by atoms with Crippen LogP contribution in [-0.2, 0) is 14.3 Å². The lowest BCUT2D eigenvalue weighted by atomic mass is 10.00. The van der Waals surface area contributed by atoms with E-state index < -0.39 is 5.79 Å². The van der Waals surface area contributed by atoms with Crippen molar-refractivity contribution in [3.63, 3.8) is 0 Å². The highest BCUT2D eigenvalue weighted by Gasteiger charge is 2.36. The number of para-hydroxylation sites is 1.